The van der Waals surface area contributed by atoms with Gasteiger partial charge in [-0.05, 0) is 48.7 Å². The Morgan fingerprint density at radius 1 is 0.905 bits per heavy atom. The Bertz CT molecular complexity index is 753. The van der Waals surface area contributed by atoms with Crippen LogP contribution in [0.5, 0.6) is 0 Å². The predicted octanol–water partition coefficient (Wildman–Crippen LogP) is 6.09. The van der Waals surface area contributed by atoms with Crippen molar-refractivity contribution in [1.29, 1.82) is 0 Å². The molecule has 21 heavy (non-hydrogen) atoms. The highest BCUT2D eigenvalue weighted by Gasteiger charge is 2.09. The number of rotatable bonds is 3. The van der Waals surface area contributed by atoms with Gasteiger partial charge < -0.3 is 0 Å². The lowest BCUT2D eigenvalue weighted by molar-refractivity contribution is 0.632. The maximum absolute atomic E-state index is 14.4. The minimum atomic E-state index is -0.155. The monoisotopic (exact) mass is 296 g/mol. The molecule has 0 unspecified atom stereocenters. The third kappa shape index (κ3) is 2.91. The van der Waals surface area contributed by atoms with E-state index < -0.39 is 0 Å². The number of hydrogen-bond donors (Lipinski definition) is 0. The Morgan fingerprint density at radius 3 is 2.24 bits per heavy atom. The Labute approximate surface area is 128 Å². The zero-order valence-electron chi connectivity index (χ0n) is 12.2. The van der Waals surface area contributed by atoms with E-state index in [9.17, 15) is 4.39 Å². The Kier molecular flexibility index (Phi) is 3.89. The van der Waals surface area contributed by atoms with Crippen LogP contribution in [0, 0.1) is 12.7 Å². The molecule has 0 aliphatic rings. The topological polar surface area (TPSA) is 0 Å². The predicted molar refractivity (Wildman–Crippen MR) is 89.3 cm³/mol. The van der Waals surface area contributed by atoms with Gasteiger partial charge in [-0.3, -0.25) is 0 Å². The summed E-state index contributed by atoms with van der Waals surface area (Å²) in [5, 5.41) is 0. The Morgan fingerprint density at radius 2 is 1.62 bits per heavy atom. The van der Waals surface area contributed by atoms with Crippen LogP contribution in [0.1, 0.15) is 17.4 Å². The first kappa shape index (κ1) is 14.0. The normalized spacial score (nSPS) is 10.8. The fourth-order valence-electron chi connectivity index (χ4n) is 2.35. The summed E-state index contributed by atoms with van der Waals surface area (Å²) < 4.78 is 14.4. The molecule has 1 aromatic heterocycles. The zero-order chi connectivity index (χ0) is 14.8. The quantitative estimate of drug-likeness (QED) is 0.548. The van der Waals surface area contributed by atoms with Crippen LogP contribution in [0.25, 0.3) is 21.6 Å². The zero-order valence-corrected chi connectivity index (χ0v) is 13.0. The molecular formula is C19H17FS. The summed E-state index contributed by atoms with van der Waals surface area (Å²) in [6.45, 7) is 4.17. The lowest BCUT2D eigenvalue weighted by Crippen LogP contribution is -1.85. The average molecular weight is 296 g/mol. The van der Waals surface area contributed by atoms with Crippen molar-refractivity contribution >= 4 is 11.3 Å². The maximum Gasteiger partial charge on any atom is 0.132 e. The van der Waals surface area contributed by atoms with Gasteiger partial charge in [0.25, 0.3) is 0 Å². The van der Waals surface area contributed by atoms with E-state index in [1.54, 1.807) is 17.4 Å². The van der Waals surface area contributed by atoms with E-state index in [1.165, 1.54) is 10.4 Å². The largest absolute Gasteiger partial charge is 0.206 e. The molecule has 0 bridgehead atoms. The van der Waals surface area contributed by atoms with E-state index in [0.717, 1.165) is 22.4 Å². The summed E-state index contributed by atoms with van der Waals surface area (Å²) in [5.74, 6) is -0.155. The van der Waals surface area contributed by atoms with E-state index in [2.05, 4.69) is 19.9 Å². The molecule has 0 N–H and O–H groups in total. The lowest BCUT2D eigenvalue weighted by Gasteiger charge is -2.06. The Hall–Kier alpha value is -1.93. The van der Waals surface area contributed by atoms with Gasteiger partial charge in [0, 0.05) is 15.3 Å². The highest BCUT2D eigenvalue weighted by Crippen LogP contribution is 2.32. The second kappa shape index (κ2) is 5.82. The second-order valence-electron chi connectivity index (χ2n) is 5.18. The van der Waals surface area contributed by atoms with Gasteiger partial charge in [0.05, 0.1) is 0 Å². The summed E-state index contributed by atoms with van der Waals surface area (Å²) in [7, 11) is 0. The molecule has 2 heteroatoms. The van der Waals surface area contributed by atoms with Gasteiger partial charge in [-0.2, -0.15) is 0 Å². The summed E-state index contributed by atoms with van der Waals surface area (Å²) in [6.07, 6.45) is 0.994. The molecule has 0 fully saturated rings. The number of thiophene rings is 1. The number of benzene rings is 2. The number of hydrogen-bond acceptors (Lipinski definition) is 1. The van der Waals surface area contributed by atoms with Crippen molar-refractivity contribution in [2.45, 2.75) is 20.3 Å². The molecular weight excluding hydrogens is 279 g/mol. The molecule has 1 heterocycles. The molecule has 0 saturated carbocycles. The maximum atomic E-state index is 14.4. The summed E-state index contributed by atoms with van der Waals surface area (Å²) in [5.41, 5.74) is 3.87. The van der Waals surface area contributed by atoms with Gasteiger partial charge in [0.2, 0.25) is 0 Å². The van der Waals surface area contributed by atoms with Crippen molar-refractivity contribution in [3.63, 3.8) is 0 Å². The van der Waals surface area contributed by atoms with Gasteiger partial charge in [0.1, 0.15) is 5.82 Å². The Balaban J connectivity index is 1.97. The van der Waals surface area contributed by atoms with Gasteiger partial charge in [0.15, 0.2) is 0 Å². The number of halogens is 1. The molecule has 0 radical (unpaired) electrons. The molecule has 0 nitrogen and oxygen atoms in total. The van der Waals surface area contributed by atoms with Crippen LogP contribution in [0.15, 0.2) is 54.6 Å². The van der Waals surface area contributed by atoms with Crippen LogP contribution in [-0.2, 0) is 6.42 Å². The first-order chi connectivity index (χ1) is 10.2. The summed E-state index contributed by atoms with van der Waals surface area (Å²) in [6, 6.07) is 17.8. The van der Waals surface area contributed by atoms with Gasteiger partial charge in [-0.15, -0.1) is 11.3 Å². The highest BCUT2D eigenvalue weighted by molar-refractivity contribution is 7.15. The minimum absolute atomic E-state index is 0.155. The van der Waals surface area contributed by atoms with Crippen LogP contribution < -0.4 is 0 Å². The third-order valence-corrected chi connectivity index (χ3v) is 4.89. The van der Waals surface area contributed by atoms with E-state index in [1.807, 2.05) is 42.5 Å². The fourth-order valence-corrected chi connectivity index (χ4v) is 3.33. The molecule has 0 aliphatic carbocycles. The molecule has 0 amide bonds. The smallest absolute Gasteiger partial charge is 0.132 e. The SMILES string of the molecule is CCc1ccc(-c2ccc(-c3ccc(C)cc3)cc2F)s1. The van der Waals surface area contributed by atoms with Crippen molar-refractivity contribution in [2.75, 3.05) is 0 Å². The van der Waals surface area contributed by atoms with E-state index in [4.69, 9.17) is 0 Å². The molecule has 106 valence electrons. The average Bonchev–Trinajstić information content (AvgIpc) is 2.96. The van der Waals surface area contributed by atoms with Crippen molar-refractivity contribution in [3.8, 4) is 21.6 Å². The van der Waals surface area contributed by atoms with E-state index in [-0.39, 0.29) is 5.82 Å². The van der Waals surface area contributed by atoms with Crippen LogP contribution in [-0.4, -0.2) is 0 Å². The van der Waals surface area contributed by atoms with Gasteiger partial charge >= 0.3 is 0 Å². The van der Waals surface area contributed by atoms with Crippen molar-refractivity contribution < 1.29 is 4.39 Å². The van der Waals surface area contributed by atoms with Crippen LogP contribution in [0.2, 0.25) is 0 Å². The third-order valence-electron chi connectivity index (χ3n) is 3.63. The summed E-state index contributed by atoms with van der Waals surface area (Å²) in [4.78, 5) is 2.28. The molecule has 3 rings (SSSR count). The van der Waals surface area contributed by atoms with E-state index in [0.29, 0.717) is 5.56 Å². The minimum Gasteiger partial charge on any atom is -0.206 e. The highest BCUT2D eigenvalue weighted by atomic mass is 32.1. The number of aryl methyl sites for hydroxylation is 2. The van der Waals surface area contributed by atoms with Crippen molar-refractivity contribution in [3.05, 3.63) is 70.9 Å². The molecule has 0 aliphatic heterocycles. The van der Waals surface area contributed by atoms with Gasteiger partial charge in [-0.1, -0.05) is 42.8 Å². The molecule has 0 saturated heterocycles. The van der Waals surface area contributed by atoms with Crippen molar-refractivity contribution in [2.24, 2.45) is 0 Å². The van der Waals surface area contributed by atoms with Gasteiger partial charge in [-0.25, -0.2) is 4.39 Å². The van der Waals surface area contributed by atoms with Crippen molar-refractivity contribution in [1.82, 2.24) is 0 Å². The molecule has 2 aromatic carbocycles. The summed E-state index contributed by atoms with van der Waals surface area (Å²) >= 11 is 1.66. The second-order valence-corrected chi connectivity index (χ2v) is 6.35. The van der Waals surface area contributed by atoms with Crippen LogP contribution in [0.3, 0.4) is 0 Å². The fraction of sp³-hybridized carbons (Fsp3) is 0.158. The lowest BCUT2D eigenvalue weighted by atomic mass is 10.0. The first-order valence-corrected chi connectivity index (χ1v) is 7.94. The van der Waals surface area contributed by atoms with Crippen LogP contribution in [0.4, 0.5) is 4.39 Å². The molecule has 3 aromatic rings. The molecule has 0 spiro atoms. The van der Waals surface area contributed by atoms with Crippen LogP contribution >= 0.6 is 11.3 Å². The standard InChI is InChI=1S/C19H17FS/c1-3-16-9-11-19(21-16)17-10-8-15(12-18(17)20)14-6-4-13(2)5-7-14/h4-12H,3H2,1-2H3. The van der Waals surface area contributed by atoms with E-state index >= 15 is 0 Å². The molecule has 0 atom stereocenters. The first-order valence-electron chi connectivity index (χ1n) is 7.13.